The van der Waals surface area contributed by atoms with E-state index in [4.69, 9.17) is 10.7 Å². The fraction of sp³-hybridized carbons (Fsp3) is 0.316. The van der Waals surface area contributed by atoms with Crippen LogP contribution in [0.25, 0.3) is 16.9 Å². The summed E-state index contributed by atoms with van der Waals surface area (Å²) in [6.45, 7) is 4.99. The summed E-state index contributed by atoms with van der Waals surface area (Å²) in [6.07, 6.45) is 5.15. The van der Waals surface area contributed by atoms with Crippen molar-refractivity contribution < 1.29 is 0 Å². The number of rotatable bonds is 5. The molecule has 2 aromatic heterocycles. The van der Waals surface area contributed by atoms with Gasteiger partial charge in [0.15, 0.2) is 0 Å². The van der Waals surface area contributed by atoms with Crippen molar-refractivity contribution in [3.63, 3.8) is 0 Å². The number of nitrogens with two attached hydrogens (primary N) is 1. The van der Waals surface area contributed by atoms with Crippen LogP contribution in [0.1, 0.15) is 30.2 Å². The number of fused-ring (bicyclic) bond motifs is 1. The lowest BCUT2D eigenvalue weighted by atomic mass is 10.0. The van der Waals surface area contributed by atoms with Gasteiger partial charge in [-0.15, -0.1) is 0 Å². The zero-order chi connectivity index (χ0) is 15.5. The third-order valence-corrected chi connectivity index (χ3v) is 4.12. The van der Waals surface area contributed by atoms with Crippen LogP contribution in [0.5, 0.6) is 0 Å². The van der Waals surface area contributed by atoms with Crippen LogP contribution < -0.4 is 5.73 Å². The van der Waals surface area contributed by atoms with Gasteiger partial charge in [0.2, 0.25) is 0 Å². The predicted octanol–water partition coefficient (Wildman–Crippen LogP) is 3.76. The van der Waals surface area contributed by atoms with E-state index in [2.05, 4.69) is 60.8 Å². The lowest BCUT2D eigenvalue weighted by Crippen LogP contribution is -2.03. The number of imidazole rings is 1. The van der Waals surface area contributed by atoms with Crippen LogP contribution in [0.2, 0.25) is 0 Å². The molecule has 0 spiro atoms. The van der Waals surface area contributed by atoms with Gasteiger partial charge in [0, 0.05) is 11.8 Å². The third-order valence-electron chi connectivity index (χ3n) is 4.12. The Morgan fingerprint density at radius 1 is 1.09 bits per heavy atom. The first kappa shape index (κ1) is 14.8. The van der Waals surface area contributed by atoms with Crippen molar-refractivity contribution in [1.29, 1.82) is 0 Å². The van der Waals surface area contributed by atoms with E-state index in [-0.39, 0.29) is 0 Å². The first-order valence-electron chi connectivity index (χ1n) is 8.00. The second-order valence-corrected chi connectivity index (χ2v) is 5.78. The predicted molar refractivity (Wildman–Crippen MR) is 92.1 cm³/mol. The van der Waals surface area contributed by atoms with Crippen LogP contribution >= 0.6 is 0 Å². The zero-order valence-electron chi connectivity index (χ0n) is 13.3. The van der Waals surface area contributed by atoms with Crippen LogP contribution in [0.15, 0.2) is 42.6 Å². The number of benzene rings is 1. The summed E-state index contributed by atoms with van der Waals surface area (Å²) in [6, 6.07) is 12.9. The van der Waals surface area contributed by atoms with E-state index < -0.39 is 0 Å². The quantitative estimate of drug-likeness (QED) is 0.778. The summed E-state index contributed by atoms with van der Waals surface area (Å²) in [5.41, 5.74) is 12.8. The SMILES string of the molecule is CCc1ccc(-c2nc3ccc(C)cn3c2CCCN)cc1. The molecule has 0 amide bonds. The number of pyridine rings is 1. The summed E-state index contributed by atoms with van der Waals surface area (Å²) in [7, 11) is 0. The minimum Gasteiger partial charge on any atom is -0.330 e. The molecule has 0 atom stereocenters. The Morgan fingerprint density at radius 3 is 2.55 bits per heavy atom. The molecule has 0 aliphatic heterocycles. The Bertz CT molecular complexity index is 769. The Labute approximate surface area is 131 Å². The molecule has 0 saturated carbocycles. The topological polar surface area (TPSA) is 43.3 Å². The highest BCUT2D eigenvalue weighted by Gasteiger charge is 2.13. The first-order chi connectivity index (χ1) is 10.7. The standard InChI is InChI=1S/C19H23N3/c1-3-15-7-9-16(10-8-15)19-17(5-4-12-20)22-13-14(2)6-11-18(22)21-19/h6-11,13H,3-5,12,20H2,1-2H3. The van der Waals surface area contributed by atoms with Crippen LogP contribution in [-0.4, -0.2) is 15.9 Å². The van der Waals surface area contributed by atoms with Crippen molar-refractivity contribution in [1.82, 2.24) is 9.38 Å². The van der Waals surface area contributed by atoms with Crippen molar-refractivity contribution >= 4 is 5.65 Å². The van der Waals surface area contributed by atoms with Crippen molar-refractivity contribution in [2.45, 2.75) is 33.1 Å². The van der Waals surface area contributed by atoms with Gasteiger partial charge in [-0.05, 0) is 49.9 Å². The van der Waals surface area contributed by atoms with Gasteiger partial charge >= 0.3 is 0 Å². The minimum atomic E-state index is 0.702. The van der Waals surface area contributed by atoms with Gasteiger partial charge in [-0.3, -0.25) is 0 Å². The molecule has 1 aromatic carbocycles. The molecule has 3 rings (SSSR count). The monoisotopic (exact) mass is 293 g/mol. The number of aryl methyl sites for hydroxylation is 3. The maximum atomic E-state index is 5.72. The molecular weight excluding hydrogens is 270 g/mol. The molecule has 3 heteroatoms. The molecule has 0 unspecified atom stereocenters. The van der Waals surface area contributed by atoms with E-state index in [9.17, 15) is 0 Å². The Kier molecular flexibility index (Phi) is 4.25. The van der Waals surface area contributed by atoms with E-state index in [0.717, 1.165) is 30.6 Å². The molecular formula is C19H23N3. The molecule has 2 heterocycles. The van der Waals surface area contributed by atoms with E-state index in [0.29, 0.717) is 6.54 Å². The summed E-state index contributed by atoms with van der Waals surface area (Å²) in [5, 5.41) is 0. The van der Waals surface area contributed by atoms with E-state index >= 15 is 0 Å². The Hall–Kier alpha value is -2.13. The molecule has 0 aliphatic rings. The van der Waals surface area contributed by atoms with Crippen molar-refractivity contribution in [2.75, 3.05) is 6.54 Å². The largest absolute Gasteiger partial charge is 0.330 e. The average Bonchev–Trinajstić information content (AvgIpc) is 2.90. The number of hydrogen-bond acceptors (Lipinski definition) is 2. The maximum absolute atomic E-state index is 5.72. The highest BCUT2D eigenvalue weighted by molar-refractivity contribution is 5.67. The lowest BCUT2D eigenvalue weighted by molar-refractivity contribution is 0.803. The average molecular weight is 293 g/mol. The molecule has 114 valence electrons. The molecule has 2 N–H and O–H groups in total. The summed E-state index contributed by atoms with van der Waals surface area (Å²) in [4.78, 5) is 4.85. The van der Waals surface area contributed by atoms with E-state index in [1.807, 2.05) is 0 Å². The molecule has 0 radical (unpaired) electrons. The van der Waals surface area contributed by atoms with Gasteiger partial charge in [-0.2, -0.15) is 0 Å². The molecule has 0 saturated heterocycles. The third kappa shape index (κ3) is 2.77. The van der Waals surface area contributed by atoms with Gasteiger partial charge in [0.25, 0.3) is 0 Å². The van der Waals surface area contributed by atoms with Crippen LogP contribution in [0.3, 0.4) is 0 Å². The minimum absolute atomic E-state index is 0.702. The van der Waals surface area contributed by atoms with Crippen LogP contribution in [0.4, 0.5) is 0 Å². The molecule has 3 nitrogen and oxygen atoms in total. The van der Waals surface area contributed by atoms with Gasteiger partial charge in [-0.25, -0.2) is 4.98 Å². The van der Waals surface area contributed by atoms with E-state index in [1.165, 1.54) is 22.4 Å². The summed E-state index contributed by atoms with van der Waals surface area (Å²) >= 11 is 0. The molecule has 0 aliphatic carbocycles. The first-order valence-corrected chi connectivity index (χ1v) is 8.00. The van der Waals surface area contributed by atoms with Gasteiger partial charge < -0.3 is 10.1 Å². The van der Waals surface area contributed by atoms with Gasteiger partial charge in [-0.1, -0.05) is 37.3 Å². The highest BCUT2D eigenvalue weighted by Crippen LogP contribution is 2.26. The van der Waals surface area contributed by atoms with Crippen LogP contribution in [0, 0.1) is 6.92 Å². The normalized spacial score (nSPS) is 11.2. The fourth-order valence-electron chi connectivity index (χ4n) is 2.84. The Balaban J connectivity index is 2.13. The number of nitrogens with zero attached hydrogens (tertiary/aromatic N) is 2. The van der Waals surface area contributed by atoms with Gasteiger partial charge in [0.05, 0.1) is 11.4 Å². The van der Waals surface area contributed by atoms with Crippen molar-refractivity contribution in [3.05, 3.63) is 59.4 Å². The van der Waals surface area contributed by atoms with Crippen molar-refractivity contribution in [3.8, 4) is 11.3 Å². The second kappa shape index (κ2) is 6.32. The maximum Gasteiger partial charge on any atom is 0.137 e. The summed E-state index contributed by atoms with van der Waals surface area (Å²) < 4.78 is 2.22. The molecule has 0 fully saturated rings. The second-order valence-electron chi connectivity index (χ2n) is 5.78. The molecule has 3 aromatic rings. The highest BCUT2D eigenvalue weighted by atomic mass is 15.0. The molecule has 22 heavy (non-hydrogen) atoms. The fourth-order valence-corrected chi connectivity index (χ4v) is 2.84. The number of aromatic nitrogens is 2. The molecule has 0 bridgehead atoms. The lowest BCUT2D eigenvalue weighted by Gasteiger charge is -2.06. The zero-order valence-corrected chi connectivity index (χ0v) is 13.3. The van der Waals surface area contributed by atoms with Crippen molar-refractivity contribution in [2.24, 2.45) is 5.73 Å². The van der Waals surface area contributed by atoms with Crippen LogP contribution in [-0.2, 0) is 12.8 Å². The van der Waals surface area contributed by atoms with Gasteiger partial charge in [0.1, 0.15) is 5.65 Å². The summed E-state index contributed by atoms with van der Waals surface area (Å²) in [5.74, 6) is 0. The van der Waals surface area contributed by atoms with E-state index in [1.54, 1.807) is 0 Å². The smallest absolute Gasteiger partial charge is 0.137 e. The Morgan fingerprint density at radius 2 is 1.86 bits per heavy atom. The number of hydrogen-bond donors (Lipinski definition) is 1.